The van der Waals surface area contributed by atoms with Gasteiger partial charge in [0, 0.05) is 11.8 Å². The molecular weight excluding hydrogens is 204 g/mol. The Morgan fingerprint density at radius 3 is 2.62 bits per heavy atom. The first-order chi connectivity index (χ1) is 7.59. The number of aromatic hydroxyl groups is 1. The third-order valence-electron chi connectivity index (χ3n) is 1.96. The van der Waals surface area contributed by atoms with Crippen molar-refractivity contribution < 1.29 is 9.90 Å². The van der Waals surface area contributed by atoms with Crippen molar-refractivity contribution in [2.24, 2.45) is 11.0 Å². The first-order valence-corrected chi connectivity index (χ1v) is 5.20. The van der Waals surface area contributed by atoms with E-state index in [0.717, 1.165) is 6.42 Å². The van der Waals surface area contributed by atoms with Gasteiger partial charge in [-0.05, 0) is 36.6 Å². The van der Waals surface area contributed by atoms with Gasteiger partial charge in [-0.2, -0.15) is 5.10 Å². The van der Waals surface area contributed by atoms with Crippen LogP contribution in [0, 0.1) is 5.92 Å². The van der Waals surface area contributed by atoms with Gasteiger partial charge in [0.25, 0.3) is 5.91 Å². The maximum Gasteiger partial charge on any atom is 0.271 e. The molecule has 16 heavy (non-hydrogen) atoms. The molecule has 2 N–H and O–H groups in total. The van der Waals surface area contributed by atoms with Crippen molar-refractivity contribution in [2.45, 2.75) is 20.3 Å². The number of amides is 1. The van der Waals surface area contributed by atoms with Crippen molar-refractivity contribution in [2.75, 3.05) is 0 Å². The topological polar surface area (TPSA) is 61.7 Å². The van der Waals surface area contributed by atoms with Gasteiger partial charge in [0.1, 0.15) is 5.75 Å². The summed E-state index contributed by atoms with van der Waals surface area (Å²) >= 11 is 0. The van der Waals surface area contributed by atoms with Gasteiger partial charge in [0.2, 0.25) is 0 Å². The van der Waals surface area contributed by atoms with E-state index in [0.29, 0.717) is 11.5 Å². The zero-order valence-electron chi connectivity index (χ0n) is 9.47. The van der Waals surface area contributed by atoms with Crippen LogP contribution in [0.3, 0.4) is 0 Å². The smallest absolute Gasteiger partial charge is 0.271 e. The maximum absolute atomic E-state index is 11.5. The summed E-state index contributed by atoms with van der Waals surface area (Å²) in [6.07, 6.45) is 2.51. The number of nitrogens with one attached hydrogen (secondary N) is 1. The monoisotopic (exact) mass is 220 g/mol. The minimum Gasteiger partial charge on any atom is -0.508 e. The minimum atomic E-state index is -0.278. The minimum absolute atomic E-state index is 0.139. The predicted octanol–water partition coefficient (Wildman–Crippen LogP) is 2.15. The lowest BCUT2D eigenvalue weighted by molar-refractivity contribution is 0.0955. The molecule has 1 rings (SSSR count). The summed E-state index contributed by atoms with van der Waals surface area (Å²) in [7, 11) is 0. The standard InChI is InChI=1S/C12H16N2O2/c1-9(2)7-8-13-14-12(16)10-3-5-11(15)6-4-10/h3-6,8-9,15H,7H2,1-2H3,(H,14,16). The van der Waals surface area contributed by atoms with Crippen LogP contribution < -0.4 is 5.43 Å². The molecule has 0 radical (unpaired) electrons. The number of hydrazone groups is 1. The molecule has 0 aliphatic heterocycles. The van der Waals surface area contributed by atoms with Gasteiger partial charge in [0.15, 0.2) is 0 Å². The summed E-state index contributed by atoms with van der Waals surface area (Å²) in [4.78, 5) is 11.5. The Morgan fingerprint density at radius 1 is 1.44 bits per heavy atom. The van der Waals surface area contributed by atoms with Crippen LogP contribution in [-0.2, 0) is 0 Å². The Labute approximate surface area is 95.0 Å². The first kappa shape index (κ1) is 12.2. The highest BCUT2D eigenvalue weighted by atomic mass is 16.3. The van der Waals surface area contributed by atoms with Gasteiger partial charge in [-0.25, -0.2) is 5.43 Å². The summed E-state index contributed by atoms with van der Waals surface area (Å²) in [6, 6.07) is 6.02. The average Bonchev–Trinajstić information content (AvgIpc) is 2.25. The number of rotatable bonds is 4. The zero-order chi connectivity index (χ0) is 12.0. The molecule has 1 aromatic carbocycles. The molecule has 4 heteroatoms. The lowest BCUT2D eigenvalue weighted by Gasteiger charge is -2.00. The number of carbonyl (C=O) groups is 1. The summed E-state index contributed by atoms with van der Waals surface area (Å²) in [5, 5.41) is 12.9. The van der Waals surface area contributed by atoms with Crippen LogP contribution in [0.5, 0.6) is 5.75 Å². The van der Waals surface area contributed by atoms with E-state index >= 15 is 0 Å². The van der Waals surface area contributed by atoms with Crippen LogP contribution >= 0.6 is 0 Å². The van der Waals surface area contributed by atoms with Crippen LogP contribution in [0.4, 0.5) is 0 Å². The highest BCUT2D eigenvalue weighted by Crippen LogP contribution is 2.09. The van der Waals surface area contributed by atoms with Crippen molar-refractivity contribution in [1.29, 1.82) is 0 Å². The van der Waals surface area contributed by atoms with Crippen LogP contribution in [0.2, 0.25) is 0 Å². The molecule has 0 heterocycles. The fourth-order valence-electron chi connectivity index (χ4n) is 1.05. The van der Waals surface area contributed by atoms with Crippen LogP contribution in [0.1, 0.15) is 30.6 Å². The molecule has 0 unspecified atom stereocenters. The molecule has 0 aliphatic rings. The lowest BCUT2D eigenvalue weighted by atomic mass is 10.2. The second-order valence-electron chi connectivity index (χ2n) is 3.93. The summed E-state index contributed by atoms with van der Waals surface area (Å²) in [5.74, 6) is 0.384. The second kappa shape index (κ2) is 5.90. The van der Waals surface area contributed by atoms with Crippen LogP contribution in [-0.4, -0.2) is 17.2 Å². The van der Waals surface area contributed by atoms with Crippen molar-refractivity contribution in [3.05, 3.63) is 29.8 Å². The Morgan fingerprint density at radius 2 is 2.06 bits per heavy atom. The number of phenols is 1. The number of phenolic OH excluding ortho intramolecular Hbond substituents is 1. The molecule has 0 aliphatic carbocycles. The van der Waals surface area contributed by atoms with Crippen molar-refractivity contribution in [3.63, 3.8) is 0 Å². The van der Waals surface area contributed by atoms with E-state index in [2.05, 4.69) is 24.4 Å². The molecule has 0 fully saturated rings. The SMILES string of the molecule is CC(C)CC=NNC(=O)c1ccc(O)cc1. The summed E-state index contributed by atoms with van der Waals surface area (Å²) < 4.78 is 0. The van der Waals surface area contributed by atoms with E-state index in [1.54, 1.807) is 18.3 Å². The molecule has 0 atom stereocenters. The van der Waals surface area contributed by atoms with E-state index in [-0.39, 0.29) is 11.7 Å². The fraction of sp³-hybridized carbons (Fsp3) is 0.333. The molecule has 1 aromatic rings. The van der Waals surface area contributed by atoms with E-state index in [4.69, 9.17) is 5.11 Å². The van der Waals surface area contributed by atoms with Gasteiger partial charge in [-0.3, -0.25) is 4.79 Å². The Bertz CT molecular complexity index is 369. The lowest BCUT2D eigenvalue weighted by Crippen LogP contribution is -2.17. The van der Waals surface area contributed by atoms with Gasteiger partial charge in [-0.15, -0.1) is 0 Å². The summed E-state index contributed by atoms with van der Waals surface area (Å²) in [5.41, 5.74) is 2.89. The third-order valence-corrected chi connectivity index (χ3v) is 1.96. The summed E-state index contributed by atoms with van der Waals surface area (Å²) in [6.45, 7) is 4.15. The predicted molar refractivity (Wildman–Crippen MR) is 63.5 cm³/mol. The molecular formula is C12H16N2O2. The van der Waals surface area contributed by atoms with Crippen molar-refractivity contribution >= 4 is 12.1 Å². The van der Waals surface area contributed by atoms with Crippen LogP contribution in [0.25, 0.3) is 0 Å². The second-order valence-corrected chi connectivity index (χ2v) is 3.93. The molecule has 0 saturated heterocycles. The van der Waals surface area contributed by atoms with E-state index in [1.807, 2.05) is 0 Å². The van der Waals surface area contributed by atoms with Gasteiger partial charge >= 0.3 is 0 Å². The molecule has 4 nitrogen and oxygen atoms in total. The number of carbonyl (C=O) groups excluding carboxylic acids is 1. The van der Waals surface area contributed by atoms with E-state index < -0.39 is 0 Å². The van der Waals surface area contributed by atoms with Gasteiger partial charge in [0.05, 0.1) is 0 Å². The third kappa shape index (κ3) is 4.13. The van der Waals surface area contributed by atoms with Crippen molar-refractivity contribution in [3.8, 4) is 5.75 Å². The molecule has 1 amide bonds. The van der Waals surface area contributed by atoms with Crippen LogP contribution in [0.15, 0.2) is 29.4 Å². The Balaban J connectivity index is 2.47. The van der Waals surface area contributed by atoms with E-state index in [9.17, 15) is 4.79 Å². The molecule has 86 valence electrons. The van der Waals surface area contributed by atoms with Gasteiger partial charge < -0.3 is 5.11 Å². The number of hydrogen-bond donors (Lipinski definition) is 2. The Hall–Kier alpha value is -1.84. The highest BCUT2D eigenvalue weighted by molar-refractivity contribution is 5.94. The number of hydrogen-bond acceptors (Lipinski definition) is 3. The molecule has 0 aromatic heterocycles. The quantitative estimate of drug-likeness (QED) is 0.603. The first-order valence-electron chi connectivity index (χ1n) is 5.20. The highest BCUT2D eigenvalue weighted by Gasteiger charge is 2.02. The van der Waals surface area contributed by atoms with Gasteiger partial charge in [-0.1, -0.05) is 13.8 Å². The molecule has 0 spiro atoms. The number of benzene rings is 1. The molecule has 0 bridgehead atoms. The van der Waals surface area contributed by atoms with Crippen molar-refractivity contribution in [1.82, 2.24) is 5.43 Å². The molecule has 0 saturated carbocycles. The fourth-order valence-corrected chi connectivity index (χ4v) is 1.05. The average molecular weight is 220 g/mol. The largest absolute Gasteiger partial charge is 0.508 e. The maximum atomic E-state index is 11.5. The normalized spacial score (nSPS) is 10.9. The Kier molecular flexibility index (Phi) is 4.51. The zero-order valence-corrected chi connectivity index (χ0v) is 9.47. The number of nitrogens with zero attached hydrogens (tertiary/aromatic N) is 1. The van der Waals surface area contributed by atoms with E-state index in [1.165, 1.54) is 12.1 Å².